The van der Waals surface area contributed by atoms with E-state index in [0.29, 0.717) is 32.2 Å². The van der Waals surface area contributed by atoms with Crippen molar-refractivity contribution in [2.75, 3.05) is 32.9 Å². The molecular formula is C10H23NO3. The highest BCUT2D eigenvalue weighted by molar-refractivity contribution is 4.58. The molecule has 0 amide bonds. The van der Waals surface area contributed by atoms with Gasteiger partial charge in [0.05, 0.1) is 19.3 Å². The van der Waals surface area contributed by atoms with Crippen molar-refractivity contribution in [3.63, 3.8) is 0 Å². The van der Waals surface area contributed by atoms with Crippen LogP contribution in [-0.4, -0.2) is 49.2 Å². The van der Waals surface area contributed by atoms with Gasteiger partial charge in [-0.15, -0.1) is 0 Å². The van der Waals surface area contributed by atoms with Crippen molar-refractivity contribution in [2.24, 2.45) is 5.92 Å². The second-order valence-electron chi connectivity index (χ2n) is 3.63. The van der Waals surface area contributed by atoms with Gasteiger partial charge in [0, 0.05) is 19.7 Å². The summed E-state index contributed by atoms with van der Waals surface area (Å²) in [7, 11) is 0. The Kier molecular flexibility index (Phi) is 9.29. The summed E-state index contributed by atoms with van der Waals surface area (Å²) in [6, 6.07) is 0. The minimum Gasteiger partial charge on any atom is -0.395 e. The maximum atomic E-state index is 9.39. The molecule has 0 bridgehead atoms. The van der Waals surface area contributed by atoms with Crippen LogP contribution in [0.2, 0.25) is 0 Å². The van der Waals surface area contributed by atoms with Crippen molar-refractivity contribution in [2.45, 2.75) is 26.4 Å². The highest BCUT2D eigenvalue weighted by Gasteiger charge is 2.04. The van der Waals surface area contributed by atoms with Crippen LogP contribution in [0, 0.1) is 5.92 Å². The number of ether oxygens (including phenoxy) is 1. The highest BCUT2D eigenvalue weighted by atomic mass is 16.5. The average Bonchev–Trinajstić information content (AvgIpc) is 2.18. The summed E-state index contributed by atoms with van der Waals surface area (Å²) >= 11 is 0. The molecule has 0 heterocycles. The fourth-order valence-corrected chi connectivity index (χ4v) is 0.930. The van der Waals surface area contributed by atoms with Crippen LogP contribution >= 0.6 is 0 Å². The van der Waals surface area contributed by atoms with E-state index in [1.165, 1.54) is 0 Å². The number of aliphatic hydroxyl groups is 2. The molecule has 2 atom stereocenters. The standard InChI is InChI=1S/C10H23NO3/c1-3-9(2)7-14-8-10(13)6-11-4-5-12/h9-13H,3-8H2,1-2H3. The van der Waals surface area contributed by atoms with E-state index >= 15 is 0 Å². The van der Waals surface area contributed by atoms with Crippen LogP contribution in [0.3, 0.4) is 0 Å². The van der Waals surface area contributed by atoms with Crippen LogP contribution in [0.25, 0.3) is 0 Å². The molecule has 0 saturated carbocycles. The SMILES string of the molecule is CCC(C)COCC(O)CNCCO. The van der Waals surface area contributed by atoms with Crippen molar-refractivity contribution >= 4 is 0 Å². The molecular weight excluding hydrogens is 182 g/mol. The van der Waals surface area contributed by atoms with E-state index in [1.807, 2.05) is 0 Å². The zero-order valence-corrected chi connectivity index (χ0v) is 9.20. The Morgan fingerprint density at radius 1 is 1.36 bits per heavy atom. The zero-order valence-electron chi connectivity index (χ0n) is 9.20. The first kappa shape index (κ1) is 13.8. The van der Waals surface area contributed by atoms with Gasteiger partial charge in [0.25, 0.3) is 0 Å². The molecule has 0 aliphatic heterocycles. The lowest BCUT2D eigenvalue weighted by Crippen LogP contribution is -2.32. The molecule has 4 nitrogen and oxygen atoms in total. The lowest BCUT2D eigenvalue weighted by Gasteiger charge is -2.14. The largest absolute Gasteiger partial charge is 0.395 e. The molecule has 0 aliphatic carbocycles. The molecule has 0 aliphatic rings. The Balaban J connectivity index is 3.21. The van der Waals surface area contributed by atoms with Gasteiger partial charge in [-0.2, -0.15) is 0 Å². The molecule has 0 fully saturated rings. The summed E-state index contributed by atoms with van der Waals surface area (Å²) in [4.78, 5) is 0. The summed E-state index contributed by atoms with van der Waals surface area (Å²) in [6.07, 6.45) is 0.615. The highest BCUT2D eigenvalue weighted by Crippen LogP contribution is 2.00. The maximum Gasteiger partial charge on any atom is 0.0897 e. The van der Waals surface area contributed by atoms with Gasteiger partial charge >= 0.3 is 0 Å². The molecule has 0 aromatic heterocycles. The number of nitrogens with one attached hydrogen (secondary N) is 1. The number of hydrogen-bond acceptors (Lipinski definition) is 4. The predicted molar refractivity (Wildman–Crippen MR) is 56.2 cm³/mol. The molecule has 0 radical (unpaired) electrons. The number of rotatable bonds is 9. The van der Waals surface area contributed by atoms with Crippen molar-refractivity contribution < 1.29 is 14.9 Å². The third-order valence-corrected chi connectivity index (χ3v) is 2.08. The number of aliphatic hydroxyl groups excluding tert-OH is 2. The van der Waals surface area contributed by atoms with Crippen molar-refractivity contribution in [1.29, 1.82) is 0 Å². The Hall–Kier alpha value is -0.160. The minimum atomic E-state index is -0.481. The van der Waals surface area contributed by atoms with Gasteiger partial charge in [-0.05, 0) is 5.92 Å². The lowest BCUT2D eigenvalue weighted by atomic mass is 10.1. The summed E-state index contributed by atoms with van der Waals surface area (Å²) < 4.78 is 5.33. The third-order valence-electron chi connectivity index (χ3n) is 2.08. The van der Waals surface area contributed by atoms with Gasteiger partial charge in [0.15, 0.2) is 0 Å². The van der Waals surface area contributed by atoms with Crippen molar-refractivity contribution in [1.82, 2.24) is 5.32 Å². The second kappa shape index (κ2) is 9.40. The molecule has 14 heavy (non-hydrogen) atoms. The molecule has 86 valence electrons. The van der Waals surface area contributed by atoms with Crippen LogP contribution < -0.4 is 5.32 Å². The van der Waals surface area contributed by atoms with Crippen molar-refractivity contribution in [3.05, 3.63) is 0 Å². The number of hydrogen-bond donors (Lipinski definition) is 3. The van der Waals surface area contributed by atoms with E-state index in [0.717, 1.165) is 6.42 Å². The minimum absolute atomic E-state index is 0.0977. The summed E-state index contributed by atoms with van der Waals surface area (Å²) in [6.45, 7) is 6.39. The summed E-state index contributed by atoms with van der Waals surface area (Å²) in [5.74, 6) is 0.549. The summed E-state index contributed by atoms with van der Waals surface area (Å²) in [5, 5.41) is 20.8. The van der Waals surface area contributed by atoms with Gasteiger partial charge < -0.3 is 20.3 Å². The van der Waals surface area contributed by atoms with Crippen LogP contribution in [0.4, 0.5) is 0 Å². The smallest absolute Gasteiger partial charge is 0.0897 e. The second-order valence-corrected chi connectivity index (χ2v) is 3.63. The molecule has 0 aromatic rings. The third kappa shape index (κ3) is 8.44. The quantitative estimate of drug-likeness (QED) is 0.463. The molecule has 0 aromatic carbocycles. The Morgan fingerprint density at radius 3 is 2.64 bits per heavy atom. The van der Waals surface area contributed by atoms with Gasteiger partial charge in [-0.25, -0.2) is 0 Å². The van der Waals surface area contributed by atoms with Crippen LogP contribution in [-0.2, 0) is 4.74 Å². The first-order valence-electron chi connectivity index (χ1n) is 5.28. The molecule has 0 rings (SSSR count). The predicted octanol–water partition coefficient (Wildman–Crippen LogP) is -0.00810. The molecule has 3 N–H and O–H groups in total. The molecule has 0 spiro atoms. The van der Waals surface area contributed by atoms with Gasteiger partial charge in [0.1, 0.15) is 0 Å². The normalized spacial score (nSPS) is 15.4. The monoisotopic (exact) mass is 205 g/mol. The topological polar surface area (TPSA) is 61.7 Å². The zero-order chi connectivity index (χ0) is 10.8. The summed E-state index contributed by atoms with van der Waals surface area (Å²) in [5.41, 5.74) is 0. The molecule has 2 unspecified atom stereocenters. The fourth-order valence-electron chi connectivity index (χ4n) is 0.930. The first-order valence-corrected chi connectivity index (χ1v) is 5.28. The van der Waals surface area contributed by atoms with Gasteiger partial charge in [-0.3, -0.25) is 0 Å². The molecule has 4 heteroatoms. The van der Waals surface area contributed by atoms with Crippen LogP contribution in [0.5, 0.6) is 0 Å². The van der Waals surface area contributed by atoms with Crippen LogP contribution in [0.1, 0.15) is 20.3 Å². The average molecular weight is 205 g/mol. The Morgan fingerprint density at radius 2 is 2.07 bits per heavy atom. The van der Waals surface area contributed by atoms with E-state index in [4.69, 9.17) is 9.84 Å². The van der Waals surface area contributed by atoms with Crippen molar-refractivity contribution in [3.8, 4) is 0 Å². The van der Waals surface area contributed by atoms with E-state index in [1.54, 1.807) is 0 Å². The van der Waals surface area contributed by atoms with E-state index in [-0.39, 0.29) is 6.61 Å². The van der Waals surface area contributed by atoms with E-state index in [9.17, 15) is 5.11 Å². The fraction of sp³-hybridized carbons (Fsp3) is 1.00. The van der Waals surface area contributed by atoms with E-state index in [2.05, 4.69) is 19.2 Å². The Labute approximate surface area is 86.3 Å². The Bertz CT molecular complexity index is 122. The maximum absolute atomic E-state index is 9.39. The van der Waals surface area contributed by atoms with Gasteiger partial charge in [-0.1, -0.05) is 20.3 Å². The van der Waals surface area contributed by atoms with Gasteiger partial charge in [0.2, 0.25) is 0 Å². The van der Waals surface area contributed by atoms with Crippen LogP contribution in [0.15, 0.2) is 0 Å². The molecule has 0 saturated heterocycles. The first-order chi connectivity index (χ1) is 6.70. The lowest BCUT2D eigenvalue weighted by molar-refractivity contribution is 0.0231. The van der Waals surface area contributed by atoms with E-state index < -0.39 is 6.10 Å².